The summed E-state index contributed by atoms with van der Waals surface area (Å²) in [6.07, 6.45) is 1.49. The normalized spacial score (nSPS) is 20.7. The minimum atomic E-state index is -1.49. The van der Waals surface area contributed by atoms with Crippen LogP contribution in [0, 0.1) is 5.92 Å². The number of fused-ring (bicyclic) bond motifs is 3. The first kappa shape index (κ1) is 21.4. The van der Waals surface area contributed by atoms with Crippen molar-refractivity contribution >= 4 is 59.3 Å². The number of carbonyl (C=O) groups excluding carboxylic acids is 1. The zero-order chi connectivity index (χ0) is 22.5. The Morgan fingerprint density at radius 3 is 2.47 bits per heavy atom. The average Bonchev–Trinajstić information content (AvgIpc) is 3.25. The van der Waals surface area contributed by atoms with Crippen LogP contribution in [-0.4, -0.2) is 25.1 Å². The lowest BCUT2D eigenvalue weighted by Gasteiger charge is -2.28. The van der Waals surface area contributed by atoms with E-state index in [0.717, 1.165) is 22.4 Å². The number of thiocarbonyl (C=S) groups is 1. The molecule has 1 atom stereocenters. The first-order valence-corrected chi connectivity index (χ1v) is 15.8. The summed E-state index contributed by atoms with van der Waals surface area (Å²) in [6.45, 7) is 7.04. The summed E-state index contributed by atoms with van der Waals surface area (Å²) in [7, 11) is -1.49. The summed E-state index contributed by atoms with van der Waals surface area (Å²) in [5.41, 5.74) is 2.25. The van der Waals surface area contributed by atoms with Gasteiger partial charge in [-0.1, -0.05) is 92.1 Å². The van der Waals surface area contributed by atoms with Crippen molar-refractivity contribution in [2.75, 3.05) is 11.1 Å². The molecule has 2 heterocycles. The van der Waals surface area contributed by atoms with Crippen molar-refractivity contribution in [1.82, 2.24) is 0 Å². The van der Waals surface area contributed by atoms with Crippen LogP contribution < -0.4 is 4.90 Å². The van der Waals surface area contributed by atoms with Gasteiger partial charge in [0, 0.05) is 11.1 Å². The summed E-state index contributed by atoms with van der Waals surface area (Å²) in [6, 6.07) is 22.8. The van der Waals surface area contributed by atoms with Gasteiger partial charge in [0.15, 0.2) is 5.05 Å². The Kier molecular flexibility index (Phi) is 5.48. The highest BCUT2D eigenvalue weighted by Gasteiger charge is 2.43. The number of Topliss-reactive ketones (excluding diaryl/α,β-unsaturated/α-hetero) is 1. The van der Waals surface area contributed by atoms with Gasteiger partial charge in [-0.05, 0) is 41.0 Å². The Hall–Kier alpha value is -2.41. The number of rotatable bonds is 4. The third-order valence-electron chi connectivity index (χ3n) is 5.73. The molecular formula is C26H25NO2S2Si. The van der Waals surface area contributed by atoms with E-state index in [-0.39, 0.29) is 5.78 Å². The maximum atomic E-state index is 13.5. The minimum Gasteiger partial charge on any atom is -0.443 e. The van der Waals surface area contributed by atoms with Crippen LogP contribution in [0.5, 0.6) is 0 Å². The van der Waals surface area contributed by atoms with Crippen molar-refractivity contribution in [3.05, 3.63) is 83.1 Å². The van der Waals surface area contributed by atoms with Crippen LogP contribution in [0.3, 0.4) is 0 Å². The number of hydrogen-bond acceptors (Lipinski definition) is 5. The van der Waals surface area contributed by atoms with Gasteiger partial charge in [-0.25, -0.2) is 0 Å². The van der Waals surface area contributed by atoms with Crippen LogP contribution in [0.15, 0.2) is 82.4 Å². The van der Waals surface area contributed by atoms with E-state index in [9.17, 15) is 4.79 Å². The smallest absolute Gasteiger partial charge is 0.212 e. The van der Waals surface area contributed by atoms with Crippen LogP contribution in [0.4, 0.5) is 5.69 Å². The molecule has 5 rings (SSSR count). The van der Waals surface area contributed by atoms with Gasteiger partial charge in [0.2, 0.25) is 11.5 Å². The molecule has 6 heteroatoms. The molecule has 32 heavy (non-hydrogen) atoms. The molecular weight excluding hydrogens is 451 g/mol. The van der Waals surface area contributed by atoms with Crippen molar-refractivity contribution in [2.24, 2.45) is 5.92 Å². The molecule has 1 fully saturated rings. The average molecular weight is 476 g/mol. The first-order valence-electron chi connectivity index (χ1n) is 10.8. The molecule has 3 nitrogen and oxygen atoms in total. The van der Waals surface area contributed by atoms with E-state index < -0.39 is 14.0 Å². The second kappa shape index (κ2) is 8.18. The molecule has 0 saturated carbocycles. The Bertz CT molecular complexity index is 1260. The van der Waals surface area contributed by atoms with Gasteiger partial charge in [0.25, 0.3) is 0 Å². The molecule has 0 aliphatic carbocycles. The second-order valence-electron chi connectivity index (χ2n) is 9.55. The highest BCUT2D eigenvalue weighted by molar-refractivity contribution is 8.04. The molecule has 0 aromatic heterocycles. The predicted molar refractivity (Wildman–Crippen MR) is 140 cm³/mol. The van der Waals surface area contributed by atoms with Gasteiger partial charge >= 0.3 is 0 Å². The molecule has 0 spiro atoms. The molecule has 2 aliphatic rings. The number of carbonyl (C=O) groups is 1. The highest BCUT2D eigenvalue weighted by Crippen LogP contribution is 2.52. The number of thioether (sulfide) groups is 1. The maximum absolute atomic E-state index is 13.5. The molecule has 0 N–H and O–H groups in total. The van der Waals surface area contributed by atoms with Gasteiger partial charge < -0.3 is 9.64 Å². The largest absolute Gasteiger partial charge is 0.443 e. The number of ether oxygens (including phenoxy) is 1. The Balaban J connectivity index is 1.58. The van der Waals surface area contributed by atoms with Crippen molar-refractivity contribution in [2.45, 2.75) is 31.0 Å². The van der Waals surface area contributed by atoms with Crippen LogP contribution in [0.25, 0.3) is 10.8 Å². The van der Waals surface area contributed by atoms with E-state index >= 15 is 0 Å². The van der Waals surface area contributed by atoms with Crippen LogP contribution in [0.1, 0.15) is 5.56 Å². The molecule has 3 aromatic rings. The van der Waals surface area contributed by atoms with Gasteiger partial charge in [-0.2, -0.15) is 0 Å². The first-order chi connectivity index (χ1) is 15.3. The number of ketones is 1. The fourth-order valence-corrected chi connectivity index (χ4v) is 7.22. The molecule has 162 valence electrons. The Morgan fingerprint density at radius 1 is 1.00 bits per heavy atom. The summed E-state index contributed by atoms with van der Waals surface area (Å²) in [4.78, 5) is 17.0. The molecule has 1 unspecified atom stereocenters. The van der Waals surface area contributed by atoms with E-state index in [0.29, 0.717) is 17.2 Å². The minimum absolute atomic E-state index is 0.000888. The summed E-state index contributed by atoms with van der Waals surface area (Å²) in [5.74, 6) is 0.00295. The van der Waals surface area contributed by atoms with Crippen LogP contribution >= 0.6 is 24.0 Å². The molecule has 2 aliphatic heterocycles. The lowest BCUT2D eigenvalue weighted by Crippen LogP contribution is -2.38. The summed E-state index contributed by atoms with van der Waals surface area (Å²) < 4.78 is 6.04. The second-order valence-corrected chi connectivity index (χ2v) is 16.4. The van der Waals surface area contributed by atoms with E-state index in [1.807, 2.05) is 30.3 Å². The van der Waals surface area contributed by atoms with Crippen molar-refractivity contribution in [3.8, 4) is 0 Å². The topological polar surface area (TPSA) is 29.5 Å². The van der Waals surface area contributed by atoms with Crippen LogP contribution in [-0.2, 0) is 16.0 Å². The highest BCUT2D eigenvalue weighted by atomic mass is 32.2. The lowest BCUT2D eigenvalue weighted by molar-refractivity contribution is -0.117. The zero-order valence-corrected chi connectivity index (χ0v) is 21.1. The summed E-state index contributed by atoms with van der Waals surface area (Å²) in [5, 5.41) is 3.69. The zero-order valence-electron chi connectivity index (χ0n) is 18.4. The van der Waals surface area contributed by atoms with E-state index in [4.69, 9.17) is 17.0 Å². The van der Waals surface area contributed by atoms with Crippen molar-refractivity contribution in [3.63, 3.8) is 0 Å². The summed E-state index contributed by atoms with van der Waals surface area (Å²) >= 11 is 7.19. The quantitative estimate of drug-likeness (QED) is 0.241. The number of anilines is 1. The van der Waals surface area contributed by atoms with Crippen molar-refractivity contribution in [1.29, 1.82) is 0 Å². The van der Waals surface area contributed by atoms with Gasteiger partial charge in [-0.3, -0.25) is 4.79 Å². The van der Waals surface area contributed by atoms with Gasteiger partial charge in [-0.15, -0.1) is 0 Å². The van der Waals surface area contributed by atoms with Gasteiger partial charge in [0.05, 0.1) is 19.7 Å². The standard InChI is InChI=1S/C26H25NO2S2Si/c1-32(2,3)16-27-21-14-13-18-11-7-8-12-19(18)24(21)31-25(27)23-22(28)20(26(30)29-23)15-17-9-5-4-6-10-17/h4-14,20H,15-16H2,1-3H3. The maximum Gasteiger partial charge on any atom is 0.212 e. The molecule has 3 aromatic carbocycles. The fraction of sp³-hybridized carbons (Fsp3) is 0.231. The Labute approximate surface area is 199 Å². The number of allylic oxidation sites excluding steroid dienone is 1. The third-order valence-corrected chi connectivity index (χ3v) is 8.60. The molecule has 0 amide bonds. The number of benzene rings is 3. The predicted octanol–water partition coefficient (Wildman–Crippen LogP) is 6.58. The van der Waals surface area contributed by atoms with Crippen LogP contribution in [0.2, 0.25) is 19.6 Å². The number of nitrogens with zero attached hydrogens (tertiary/aromatic N) is 1. The van der Waals surface area contributed by atoms with E-state index in [1.165, 1.54) is 15.7 Å². The monoisotopic (exact) mass is 475 g/mol. The number of hydrogen-bond donors (Lipinski definition) is 0. The lowest BCUT2D eigenvalue weighted by atomic mass is 9.97. The van der Waals surface area contributed by atoms with E-state index in [1.54, 1.807) is 11.8 Å². The molecule has 0 bridgehead atoms. The van der Waals surface area contributed by atoms with E-state index in [2.05, 4.69) is 60.9 Å². The molecule has 1 saturated heterocycles. The Morgan fingerprint density at radius 2 is 1.72 bits per heavy atom. The molecule has 0 radical (unpaired) electrons. The van der Waals surface area contributed by atoms with Gasteiger partial charge in [0.1, 0.15) is 5.03 Å². The van der Waals surface area contributed by atoms with Crippen molar-refractivity contribution < 1.29 is 9.53 Å². The fourth-order valence-electron chi connectivity index (χ4n) is 4.27. The SMILES string of the molecule is C[Si](C)(C)CN1C(=C2OC(=S)C(Cc3ccccc3)C2=O)Sc2c1ccc1ccccc21. The third kappa shape index (κ3) is 3.91.